The highest BCUT2D eigenvalue weighted by molar-refractivity contribution is 7.16. The van der Waals surface area contributed by atoms with Crippen molar-refractivity contribution in [2.45, 2.75) is 12.8 Å². The van der Waals surface area contributed by atoms with Crippen LogP contribution in [0.15, 0.2) is 23.8 Å². The van der Waals surface area contributed by atoms with Crippen molar-refractivity contribution in [2.75, 3.05) is 6.16 Å². The van der Waals surface area contributed by atoms with Gasteiger partial charge in [0.25, 0.3) is 0 Å². The van der Waals surface area contributed by atoms with E-state index in [-0.39, 0.29) is 0 Å². The fourth-order valence-corrected chi connectivity index (χ4v) is 1.23. The standard InChI is InChI=1S/C7H11P/c8-6-5-7-3-1-2-4-7/h1-3H,4-6,8H2. The van der Waals surface area contributed by atoms with E-state index in [4.69, 9.17) is 0 Å². The van der Waals surface area contributed by atoms with Crippen molar-refractivity contribution >= 4 is 9.24 Å². The highest BCUT2D eigenvalue weighted by atomic mass is 31.0. The molecule has 1 unspecified atom stereocenters. The van der Waals surface area contributed by atoms with Crippen LogP contribution in [0.5, 0.6) is 0 Å². The van der Waals surface area contributed by atoms with Crippen molar-refractivity contribution < 1.29 is 0 Å². The van der Waals surface area contributed by atoms with Gasteiger partial charge in [-0.15, -0.1) is 9.24 Å². The van der Waals surface area contributed by atoms with Gasteiger partial charge in [0.2, 0.25) is 0 Å². The van der Waals surface area contributed by atoms with Gasteiger partial charge in [0.05, 0.1) is 0 Å². The number of allylic oxidation sites excluding steroid dienone is 4. The summed E-state index contributed by atoms with van der Waals surface area (Å²) in [4.78, 5) is 0. The normalized spacial score (nSPS) is 16.9. The number of hydrogen-bond acceptors (Lipinski definition) is 0. The molecule has 0 fully saturated rings. The highest BCUT2D eigenvalue weighted by Gasteiger charge is 1.94. The van der Waals surface area contributed by atoms with E-state index in [0.29, 0.717) is 0 Å². The van der Waals surface area contributed by atoms with Crippen LogP contribution in [0, 0.1) is 0 Å². The maximum atomic E-state index is 2.74. The molecule has 1 aliphatic rings. The predicted molar refractivity (Wildman–Crippen MR) is 41.0 cm³/mol. The van der Waals surface area contributed by atoms with Gasteiger partial charge in [-0.25, -0.2) is 0 Å². The van der Waals surface area contributed by atoms with Gasteiger partial charge < -0.3 is 0 Å². The van der Waals surface area contributed by atoms with Crippen LogP contribution in [0.2, 0.25) is 0 Å². The first-order chi connectivity index (χ1) is 3.93. The van der Waals surface area contributed by atoms with Crippen LogP contribution in [0.1, 0.15) is 12.8 Å². The van der Waals surface area contributed by atoms with E-state index >= 15 is 0 Å². The van der Waals surface area contributed by atoms with Gasteiger partial charge in [0, 0.05) is 0 Å². The molecule has 8 heavy (non-hydrogen) atoms. The SMILES string of the molecule is PCCC1=CC=CC1. The Morgan fingerprint density at radius 1 is 1.62 bits per heavy atom. The predicted octanol–water partition coefficient (Wildman–Crippen LogP) is 2.14. The minimum Gasteiger partial charge on any atom is -0.137 e. The molecule has 0 radical (unpaired) electrons. The molecule has 1 aliphatic carbocycles. The fraction of sp³-hybridized carbons (Fsp3) is 0.429. The van der Waals surface area contributed by atoms with Gasteiger partial charge in [-0.2, -0.15) is 0 Å². The average Bonchev–Trinajstić information content (AvgIpc) is 2.19. The number of rotatable bonds is 2. The van der Waals surface area contributed by atoms with Gasteiger partial charge in [0.1, 0.15) is 0 Å². The van der Waals surface area contributed by atoms with E-state index in [1.807, 2.05) is 0 Å². The molecule has 1 heteroatoms. The van der Waals surface area contributed by atoms with E-state index in [1.165, 1.54) is 19.0 Å². The van der Waals surface area contributed by atoms with E-state index < -0.39 is 0 Å². The summed E-state index contributed by atoms with van der Waals surface area (Å²) in [6, 6.07) is 0. The summed E-state index contributed by atoms with van der Waals surface area (Å²) in [5.41, 5.74) is 1.57. The first-order valence-corrected chi connectivity index (χ1v) is 3.80. The molecule has 0 amide bonds. The quantitative estimate of drug-likeness (QED) is 0.497. The first kappa shape index (κ1) is 6.04. The molecular weight excluding hydrogens is 115 g/mol. The lowest BCUT2D eigenvalue weighted by atomic mass is 10.2. The second-order valence-corrected chi connectivity index (χ2v) is 2.57. The van der Waals surface area contributed by atoms with Gasteiger partial charge in [0.15, 0.2) is 0 Å². The molecule has 0 aromatic carbocycles. The Bertz CT molecular complexity index is 122. The van der Waals surface area contributed by atoms with Crippen LogP contribution in [-0.4, -0.2) is 6.16 Å². The zero-order valence-electron chi connectivity index (χ0n) is 4.93. The molecule has 1 rings (SSSR count). The average molecular weight is 126 g/mol. The van der Waals surface area contributed by atoms with Crippen molar-refractivity contribution in [1.82, 2.24) is 0 Å². The molecule has 0 N–H and O–H groups in total. The molecule has 0 aromatic rings. The Morgan fingerprint density at radius 3 is 3.00 bits per heavy atom. The molecule has 0 saturated carbocycles. The second-order valence-electron chi connectivity index (χ2n) is 2.00. The van der Waals surface area contributed by atoms with E-state index in [1.54, 1.807) is 5.57 Å². The molecule has 0 aliphatic heterocycles. The molecule has 0 bridgehead atoms. The Hall–Kier alpha value is -0.0900. The Balaban J connectivity index is 2.28. The van der Waals surface area contributed by atoms with Crippen LogP contribution in [0.4, 0.5) is 0 Å². The molecule has 0 aromatic heterocycles. The molecule has 1 atom stereocenters. The molecule has 0 saturated heterocycles. The zero-order valence-corrected chi connectivity index (χ0v) is 6.09. The van der Waals surface area contributed by atoms with Gasteiger partial charge in [-0.1, -0.05) is 23.8 Å². The lowest BCUT2D eigenvalue weighted by molar-refractivity contribution is 1.06. The minimum absolute atomic E-state index is 1.19. The lowest BCUT2D eigenvalue weighted by Crippen LogP contribution is -1.77. The second kappa shape index (κ2) is 3.04. The summed E-state index contributed by atoms with van der Waals surface area (Å²) in [6.45, 7) is 0. The third-order valence-corrected chi connectivity index (χ3v) is 1.60. The van der Waals surface area contributed by atoms with E-state index in [2.05, 4.69) is 27.5 Å². The van der Waals surface area contributed by atoms with E-state index in [0.717, 1.165) is 0 Å². The monoisotopic (exact) mass is 126 g/mol. The van der Waals surface area contributed by atoms with Gasteiger partial charge in [-0.3, -0.25) is 0 Å². The molecule has 44 valence electrons. The van der Waals surface area contributed by atoms with E-state index in [9.17, 15) is 0 Å². The lowest BCUT2D eigenvalue weighted by Gasteiger charge is -1.93. The molecule has 0 heterocycles. The van der Waals surface area contributed by atoms with Crippen molar-refractivity contribution in [3.8, 4) is 0 Å². The zero-order chi connectivity index (χ0) is 5.82. The topological polar surface area (TPSA) is 0 Å². The molecular formula is C7H11P. The summed E-state index contributed by atoms with van der Waals surface area (Å²) in [6.07, 6.45) is 10.2. The van der Waals surface area contributed by atoms with Gasteiger partial charge in [-0.05, 0) is 19.0 Å². The van der Waals surface area contributed by atoms with Crippen molar-refractivity contribution in [1.29, 1.82) is 0 Å². The summed E-state index contributed by atoms with van der Waals surface area (Å²) in [5.74, 6) is 0. The Morgan fingerprint density at radius 2 is 2.50 bits per heavy atom. The summed E-state index contributed by atoms with van der Waals surface area (Å²) < 4.78 is 0. The van der Waals surface area contributed by atoms with Crippen LogP contribution in [-0.2, 0) is 0 Å². The van der Waals surface area contributed by atoms with Crippen LogP contribution >= 0.6 is 9.24 Å². The Kier molecular flexibility index (Phi) is 2.29. The summed E-state index contributed by atoms with van der Waals surface area (Å²) in [5, 5.41) is 0. The van der Waals surface area contributed by atoms with Crippen molar-refractivity contribution in [2.24, 2.45) is 0 Å². The summed E-state index contributed by atoms with van der Waals surface area (Å²) >= 11 is 0. The molecule has 0 spiro atoms. The van der Waals surface area contributed by atoms with Crippen LogP contribution < -0.4 is 0 Å². The summed E-state index contributed by atoms with van der Waals surface area (Å²) in [7, 11) is 2.74. The third kappa shape index (κ3) is 1.45. The highest BCUT2D eigenvalue weighted by Crippen LogP contribution is 2.14. The van der Waals surface area contributed by atoms with Gasteiger partial charge >= 0.3 is 0 Å². The smallest absolute Gasteiger partial charge is 0.0132 e. The van der Waals surface area contributed by atoms with Crippen LogP contribution in [0.3, 0.4) is 0 Å². The third-order valence-electron chi connectivity index (χ3n) is 1.31. The largest absolute Gasteiger partial charge is 0.137 e. The maximum Gasteiger partial charge on any atom is -0.0132 e. The molecule has 0 nitrogen and oxygen atoms in total. The minimum atomic E-state index is 1.19. The maximum absolute atomic E-state index is 2.74. The fourth-order valence-electron chi connectivity index (χ4n) is 0.862. The van der Waals surface area contributed by atoms with Crippen LogP contribution in [0.25, 0.3) is 0 Å². The number of hydrogen-bond donors (Lipinski definition) is 0. The van der Waals surface area contributed by atoms with Crippen molar-refractivity contribution in [3.05, 3.63) is 23.8 Å². The Labute approximate surface area is 52.9 Å². The first-order valence-electron chi connectivity index (χ1n) is 2.98. The van der Waals surface area contributed by atoms with Crippen molar-refractivity contribution in [3.63, 3.8) is 0 Å².